The Bertz CT molecular complexity index is 1370. The number of aromatic amines is 1. The van der Waals surface area contributed by atoms with Crippen LogP contribution in [0.3, 0.4) is 0 Å². The molecule has 1 aromatic carbocycles. The third-order valence-corrected chi connectivity index (χ3v) is 5.60. The molecule has 0 bridgehead atoms. The van der Waals surface area contributed by atoms with Gasteiger partial charge in [0.15, 0.2) is 0 Å². The van der Waals surface area contributed by atoms with Gasteiger partial charge in [0.05, 0.1) is 37.5 Å². The van der Waals surface area contributed by atoms with Crippen molar-refractivity contribution in [1.29, 1.82) is 0 Å². The van der Waals surface area contributed by atoms with Gasteiger partial charge in [0.2, 0.25) is 0 Å². The van der Waals surface area contributed by atoms with Gasteiger partial charge >= 0.3 is 0 Å². The van der Waals surface area contributed by atoms with Gasteiger partial charge in [0.25, 0.3) is 0 Å². The highest BCUT2D eigenvalue weighted by atomic mass is 16.5. The molecule has 4 aromatic rings. The van der Waals surface area contributed by atoms with Crippen molar-refractivity contribution in [2.75, 3.05) is 19.5 Å². The average Bonchev–Trinajstić information content (AvgIpc) is 3.41. The summed E-state index contributed by atoms with van der Waals surface area (Å²) in [5.74, 6) is 2.09. The number of fused-ring (bicyclic) bond motifs is 1. The predicted molar refractivity (Wildman–Crippen MR) is 130 cm³/mol. The average molecular weight is 462 g/mol. The first-order valence-corrected chi connectivity index (χ1v) is 10.8. The van der Waals surface area contributed by atoms with Gasteiger partial charge in [-0.2, -0.15) is 5.10 Å². The molecule has 0 fully saturated rings. The number of methoxy groups -OCH3 is 2. The summed E-state index contributed by atoms with van der Waals surface area (Å²) in [4.78, 5) is 12.1. The SMILES string of the molecule is COc1ccc(CNc2ncnc3c2c(-c2cc(C)n[nH]2)c(CN=[N+]=[N-])n3C(C)C)c(OC)c1. The number of azide groups is 1. The maximum absolute atomic E-state index is 9.02. The molecule has 0 spiro atoms. The molecule has 0 saturated carbocycles. The molecule has 4 rings (SSSR count). The minimum absolute atomic E-state index is 0.0774. The largest absolute Gasteiger partial charge is 0.497 e. The Kier molecular flexibility index (Phi) is 6.55. The molecular weight excluding hydrogens is 434 g/mol. The summed E-state index contributed by atoms with van der Waals surface area (Å²) in [7, 11) is 3.25. The lowest BCUT2D eigenvalue weighted by molar-refractivity contribution is 0.391. The van der Waals surface area contributed by atoms with E-state index in [1.54, 1.807) is 14.2 Å². The lowest BCUT2D eigenvalue weighted by Crippen LogP contribution is -2.07. The summed E-state index contributed by atoms with van der Waals surface area (Å²) in [5, 5.41) is 15.5. The molecule has 11 heteroatoms. The third kappa shape index (κ3) is 4.20. The first-order valence-electron chi connectivity index (χ1n) is 10.8. The molecule has 0 saturated heterocycles. The standard InChI is InChI=1S/C23H27N9O2/c1-13(2)32-18(11-28-31-24)20(17-8-14(3)29-30-17)21-22(26-12-27-23(21)32)25-10-15-6-7-16(33-4)9-19(15)34-5/h6-9,12-13H,10-11H2,1-5H3,(H,29,30)(H,25,26,27). The van der Waals surface area contributed by atoms with Crippen LogP contribution in [-0.2, 0) is 13.1 Å². The van der Waals surface area contributed by atoms with Crippen molar-refractivity contribution >= 4 is 16.9 Å². The fraction of sp³-hybridized carbons (Fsp3) is 0.348. The lowest BCUT2D eigenvalue weighted by atomic mass is 10.1. The Morgan fingerprint density at radius 1 is 1.21 bits per heavy atom. The van der Waals surface area contributed by atoms with Crippen LogP contribution in [0.15, 0.2) is 35.7 Å². The number of nitrogens with zero attached hydrogens (tertiary/aromatic N) is 7. The third-order valence-electron chi connectivity index (χ3n) is 5.60. The van der Waals surface area contributed by atoms with E-state index in [0.717, 1.165) is 45.0 Å². The number of anilines is 1. The summed E-state index contributed by atoms with van der Waals surface area (Å²) in [6.07, 6.45) is 1.54. The van der Waals surface area contributed by atoms with E-state index in [0.29, 0.717) is 18.1 Å². The van der Waals surface area contributed by atoms with Gasteiger partial charge < -0.3 is 19.4 Å². The van der Waals surface area contributed by atoms with Crippen LogP contribution in [0.1, 0.15) is 36.8 Å². The normalized spacial score (nSPS) is 11.0. The maximum atomic E-state index is 9.02. The molecule has 2 N–H and O–H groups in total. The van der Waals surface area contributed by atoms with Crippen molar-refractivity contribution in [3.8, 4) is 22.8 Å². The van der Waals surface area contributed by atoms with Crippen LogP contribution >= 0.6 is 0 Å². The number of ether oxygens (including phenoxy) is 2. The Labute approximate surface area is 196 Å². The minimum Gasteiger partial charge on any atom is -0.497 e. The van der Waals surface area contributed by atoms with Crippen LogP contribution in [0, 0.1) is 6.92 Å². The summed E-state index contributed by atoms with van der Waals surface area (Å²) in [5.41, 5.74) is 14.1. The Balaban J connectivity index is 1.88. The van der Waals surface area contributed by atoms with Gasteiger partial charge in [0, 0.05) is 40.4 Å². The lowest BCUT2D eigenvalue weighted by Gasteiger charge is -2.13. The monoisotopic (exact) mass is 461 g/mol. The van der Waals surface area contributed by atoms with Crippen LogP contribution in [0.2, 0.25) is 0 Å². The molecule has 34 heavy (non-hydrogen) atoms. The van der Waals surface area contributed by atoms with E-state index in [2.05, 4.69) is 53.9 Å². The van der Waals surface area contributed by atoms with Gasteiger partial charge in [-0.15, -0.1) is 0 Å². The quantitative estimate of drug-likeness (QED) is 0.201. The van der Waals surface area contributed by atoms with Gasteiger partial charge in [0.1, 0.15) is 29.3 Å². The minimum atomic E-state index is 0.0774. The zero-order chi connectivity index (χ0) is 24.2. The van der Waals surface area contributed by atoms with Crippen molar-refractivity contribution in [3.63, 3.8) is 0 Å². The second-order valence-corrected chi connectivity index (χ2v) is 8.05. The predicted octanol–water partition coefficient (Wildman–Crippen LogP) is 5.15. The Hall–Kier alpha value is -4.24. The first kappa shape index (κ1) is 22.9. The summed E-state index contributed by atoms with van der Waals surface area (Å²) >= 11 is 0. The van der Waals surface area contributed by atoms with E-state index in [1.807, 2.05) is 31.2 Å². The molecule has 176 valence electrons. The van der Waals surface area contributed by atoms with Crippen molar-refractivity contribution in [3.05, 3.63) is 58.0 Å². The topological polar surface area (TPSA) is 139 Å². The van der Waals surface area contributed by atoms with Crippen molar-refractivity contribution in [2.45, 2.75) is 39.9 Å². The molecule has 0 radical (unpaired) electrons. The second kappa shape index (κ2) is 9.72. The summed E-state index contributed by atoms with van der Waals surface area (Å²) < 4.78 is 12.9. The highest BCUT2D eigenvalue weighted by Gasteiger charge is 2.25. The van der Waals surface area contributed by atoms with Gasteiger partial charge in [-0.25, -0.2) is 9.97 Å². The maximum Gasteiger partial charge on any atom is 0.146 e. The number of H-pyrrole nitrogens is 1. The smallest absolute Gasteiger partial charge is 0.146 e. The molecule has 0 unspecified atom stereocenters. The number of hydrogen-bond acceptors (Lipinski definition) is 7. The van der Waals surface area contributed by atoms with E-state index >= 15 is 0 Å². The fourth-order valence-corrected chi connectivity index (χ4v) is 4.14. The Morgan fingerprint density at radius 2 is 2.03 bits per heavy atom. The number of nitrogens with one attached hydrogen (secondary N) is 2. The second-order valence-electron chi connectivity index (χ2n) is 8.05. The Morgan fingerprint density at radius 3 is 2.68 bits per heavy atom. The number of benzene rings is 1. The van der Waals surface area contributed by atoms with Gasteiger partial charge in [-0.3, -0.25) is 5.10 Å². The van der Waals surface area contributed by atoms with Crippen LogP contribution in [0.4, 0.5) is 5.82 Å². The zero-order valence-electron chi connectivity index (χ0n) is 19.8. The molecule has 3 heterocycles. The summed E-state index contributed by atoms with van der Waals surface area (Å²) in [6, 6.07) is 7.73. The fourth-order valence-electron chi connectivity index (χ4n) is 4.14. The van der Waals surface area contributed by atoms with Crippen LogP contribution in [-0.4, -0.2) is 39.0 Å². The molecular formula is C23H27N9O2. The molecule has 0 atom stereocenters. The van der Waals surface area contributed by atoms with E-state index in [-0.39, 0.29) is 12.6 Å². The van der Waals surface area contributed by atoms with Gasteiger partial charge in [-0.05, 0) is 44.5 Å². The van der Waals surface area contributed by atoms with Crippen LogP contribution < -0.4 is 14.8 Å². The van der Waals surface area contributed by atoms with Crippen molar-refractivity contribution < 1.29 is 9.47 Å². The highest BCUT2D eigenvalue weighted by molar-refractivity contribution is 6.02. The number of rotatable bonds is 9. The van der Waals surface area contributed by atoms with Crippen molar-refractivity contribution in [1.82, 2.24) is 24.7 Å². The molecule has 3 aromatic heterocycles. The molecule has 0 aliphatic rings. The van der Waals surface area contributed by atoms with E-state index in [4.69, 9.17) is 15.0 Å². The molecule has 0 amide bonds. The number of aromatic nitrogens is 5. The highest BCUT2D eigenvalue weighted by Crippen LogP contribution is 2.39. The van der Waals surface area contributed by atoms with Crippen molar-refractivity contribution in [2.24, 2.45) is 5.11 Å². The van der Waals surface area contributed by atoms with Gasteiger partial charge in [-0.1, -0.05) is 5.11 Å². The molecule has 0 aliphatic carbocycles. The number of aryl methyl sites for hydroxylation is 1. The number of hydrogen-bond donors (Lipinski definition) is 2. The zero-order valence-corrected chi connectivity index (χ0v) is 19.8. The van der Waals surface area contributed by atoms with E-state index < -0.39 is 0 Å². The molecule has 11 nitrogen and oxygen atoms in total. The van der Waals surface area contributed by atoms with Crippen LogP contribution in [0.25, 0.3) is 32.7 Å². The van der Waals surface area contributed by atoms with E-state index in [9.17, 15) is 0 Å². The van der Waals surface area contributed by atoms with E-state index in [1.165, 1.54) is 6.33 Å². The van der Waals surface area contributed by atoms with Crippen LogP contribution in [0.5, 0.6) is 11.5 Å². The molecule has 0 aliphatic heterocycles. The summed E-state index contributed by atoms with van der Waals surface area (Å²) in [6.45, 7) is 6.70. The first-order chi connectivity index (χ1) is 16.5.